The molecule has 0 saturated carbocycles. The van der Waals surface area contributed by atoms with Crippen molar-refractivity contribution < 1.29 is 0 Å². The Hall–Kier alpha value is -0.720. The molecule has 2 aliphatic carbocycles. The zero-order valence-corrected chi connectivity index (χ0v) is 9.81. The summed E-state index contributed by atoms with van der Waals surface area (Å²) in [6.45, 7) is 3.50. The first-order valence-electron chi connectivity index (χ1n) is 6.63. The van der Waals surface area contributed by atoms with Crippen molar-refractivity contribution in [3.05, 3.63) is 22.5 Å². The summed E-state index contributed by atoms with van der Waals surface area (Å²) in [7, 11) is 0. The van der Waals surface area contributed by atoms with Crippen LogP contribution in [0.3, 0.4) is 0 Å². The molecular formula is C14H21N. The second-order valence-corrected chi connectivity index (χ2v) is 5.01. The van der Waals surface area contributed by atoms with Crippen LogP contribution in [0, 0.1) is 0 Å². The van der Waals surface area contributed by atoms with E-state index in [1.54, 1.807) is 22.5 Å². The van der Waals surface area contributed by atoms with Gasteiger partial charge in [0, 0.05) is 17.9 Å². The maximum Gasteiger partial charge on any atom is 0.0212 e. The van der Waals surface area contributed by atoms with E-state index in [9.17, 15) is 0 Å². The number of rotatable bonds is 1. The molecule has 0 spiro atoms. The molecule has 0 radical (unpaired) electrons. The van der Waals surface area contributed by atoms with Gasteiger partial charge >= 0.3 is 0 Å². The molecular weight excluding hydrogens is 182 g/mol. The van der Waals surface area contributed by atoms with Crippen molar-refractivity contribution in [1.29, 1.82) is 0 Å². The summed E-state index contributed by atoms with van der Waals surface area (Å²) in [5.74, 6) is 0. The lowest BCUT2D eigenvalue weighted by atomic mass is 9.89. The average Bonchev–Trinajstić information content (AvgIpc) is 2.63. The minimum absolute atomic E-state index is 1.19. The number of nitrogens with zero attached hydrogens (tertiary/aromatic N) is 1. The van der Waals surface area contributed by atoms with E-state index in [2.05, 4.69) is 11.5 Å². The molecule has 15 heavy (non-hydrogen) atoms. The van der Waals surface area contributed by atoms with E-state index in [0.717, 1.165) is 0 Å². The zero-order chi connectivity index (χ0) is 10.3. The molecule has 1 heterocycles. The summed E-state index contributed by atoms with van der Waals surface area (Å²) < 4.78 is 2.64. The fraction of sp³-hybridized carbons (Fsp3) is 0.714. The van der Waals surface area contributed by atoms with Crippen molar-refractivity contribution >= 4 is 0 Å². The molecule has 0 aromatic carbocycles. The molecule has 1 aromatic rings. The third-order valence-electron chi connectivity index (χ3n) is 4.21. The van der Waals surface area contributed by atoms with E-state index in [0.29, 0.717) is 0 Å². The van der Waals surface area contributed by atoms with E-state index >= 15 is 0 Å². The van der Waals surface area contributed by atoms with E-state index in [-0.39, 0.29) is 0 Å². The smallest absolute Gasteiger partial charge is 0.0212 e. The quantitative estimate of drug-likeness (QED) is 0.660. The second-order valence-electron chi connectivity index (χ2n) is 5.01. The van der Waals surface area contributed by atoms with Crippen molar-refractivity contribution in [3.63, 3.8) is 0 Å². The van der Waals surface area contributed by atoms with Crippen LogP contribution in [0.5, 0.6) is 0 Å². The molecule has 0 bridgehead atoms. The molecule has 0 fully saturated rings. The third-order valence-corrected chi connectivity index (χ3v) is 4.21. The van der Waals surface area contributed by atoms with Crippen LogP contribution in [0.15, 0.2) is 0 Å². The van der Waals surface area contributed by atoms with Crippen LogP contribution in [0.4, 0.5) is 0 Å². The lowest BCUT2D eigenvalue weighted by molar-refractivity contribution is 0.594. The standard InChI is InChI=1S/C14H21N/c1-2-15-13-9-5-3-7-11(13)12-8-4-6-10-14(12)15/h2-10H2,1H3. The van der Waals surface area contributed by atoms with Crippen LogP contribution < -0.4 is 0 Å². The van der Waals surface area contributed by atoms with Crippen LogP contribution in [0.25, 0.3) is 0 Å². The lowest BCUT2D eigenvalue weighted by Crippen LogP contribution is -2.09. The first-order chi connectivity index (χ1) is 7.42. The Morgan fingerprint density at radius 1 is 0.800 bits per heavy atom. The Morgan fingerprint density at radius 2 is 1.27 bits per heavy atom. The SMILES string of the molecule is CCn1c2c(c3c1CCCC3)CCCC2. The van der Waals surface area contributed by atoms with Gasteiger partial charge in [-0.25, -0.2) is 0 Å². The van der Waals surface area contributed by atoms with Gasteiger partial charge in [-0.05, 0) is 69.4 Å². The highest BCUT2D eigenvalue weighted by atomic mass is 15.0. The van der Waals surface area contributed by atoms with Crippen molar-refractivity contribution in [2.24, 2.45) is 0 Å². The summed E-state index contributed by atoms with van der Waals surface area (Å²) in [5.41, 5.74) is 6.93. The predicted molar refractivity (Wildman–Crippen MR) is 63.4 cm³/mol. The van der Waals surface area contributed by atoms with Crippen molar-refractivity contribution in [2.45, 2.75) is 64.8 Å². The molecule has 1 aromatic heterocycles. The Kier molecular flexibility index (Phi) is 2.34. The van der Waals surface area contributed by atoms with Crippen LogP contribution in [0.1, 0.15) is 55.1 Å². The summed E-state index contributed by atoms with van der Waals surface area (Å²) in [6, 6.07) is 0. The fourth-order valence-electron chi connectivity index (χ4n) is 3.57. The zero-order valence-electron chi connectivity index (χ0n) is 9.81. The van der Waals surface area contributed by atoms with E-state index < -0.39 is 0 Å². The Labute approximate surface area is 92.5 Å². The van der Waals surface area contributed by atoms with Gasteiger partial charge in [0.25, 0.3) is 0 Å². The number of aromatic nitrogens is 1. The van der Waals surface area contributed by atoms with E-state index in [4.69, 9.17) is 0 Å². The highest BCUT2D eigenvalue weighted by Gasteiger charge is 2.24. The molecule has 0 amide bonds. The molecule has 82 valence electrons. The molecule has 0 saturated heterocycles. The fourth-order valence-corrected chi connectivity index (χ4v) is 3.57. The van der Waals surface area contributed by atoms with Gasteiger partial charge in [0.1, 0.15) is 0 Å². The first-order valence-corrected chi connectivity index (χ1v) is 6.63. The summed E-state index contributed by atoms with van der Waals surface area (Å²) in [6.07, 6.45) is 11.1. The minimum Gasteiger partial charge on any atom is -0.348 e. The van der Waals surface area contributed by atoms with Gasteiger partial charge in [-0.2, -0.15) is 0 Å². The molecule has 2 aliphatic rings. The molecule has 0 atom stereocenters. The first kappa shape index (κ1) is 9.50. The third kappa shape index (κ3) is 1.36. The monoisotopic (exact) mass is 203 g/mol. The number of fused-ring (bicyclic) bond motifs is 3. The number of hydrogen-bond acceptors (Lipinski definition) is 0. The van der Waals surface area contributed by atoms with Gasteiger partial charge in [-0.1, -0.05) is 0 Å². The molecule has 1 heteroatoms. The van der Waals surface area contributed by atoms with Crippen LogP contribution >= 0.6 is 0 Å². The Balaban J connectivity index is 2.16. The molecule has 1 nitrogen and oxygen atoms in total. The van der Waals surface area contributed by atoms with Gasteiger partial charge in [-0.15, -0.1) is 0 Å². The predicted octanol–water partition coefficient (Wildman–Crippen LogP) is 3.27. The summed E-state index contributed by atoms with van der Waals surface area (Å²) in [5, 5.41) is 0. The van der Waals surface area contributed by atoms with Gasteiger partial charge in [0.05, 0.1) is 0 Å². The highest BCUT2D eigenvalue weighted by molar-refractivity contribution is 5.41. The average molecular weight is 203 g/mol. The van der Waals surface area contributed by atoms with Gasteiger partial charge in [-0.3, -0.25) is 0 Å². The summed E-state index contributed by atoms with van der Waals surface area (Å²) in [4.78, 5) is 0. The van der Waals surface area contributed by atoms with Gasteiger partial charge in [0.15, 0.2) is 0 Å². The Bertz CT molecular complexity index is 288. The van der Waals surface area contributed by atoms with Gasteiger partial charge < -0.3 is 4.57 Å². The van der Waals surface area contributed by atoms with Gasteiger partial charge in [0.2, 0.25) is 0 Å². The molecule has 0 unspecified atom stereocenters. The number of hydrogen-bond donors (Lipinski definition) is 0. The van der Waals surface area contributed by atoms with Crippen LogP contribution in [0.2, 0.25) is 0 Å². The van der Waals surface area contributed by atoms with E-state index in [1.807, 2.05) is 0 Å². The maximum atomic E-state index is 2.64. The molecule has 3 rings (SSSR count). The second kappa shape index (κ2) is 3.70. The van der Waals surface area contributed by atoms with E-state index in [1.165, 1.54) is 57.9 Å². The largest absolute Gasteiger partial charge is 0.348 e. The minimum atomic E-state index is 1.19. The molecule has 0 aliphatic heterocycles. The maximum absolute atomic E-state index is 2.64. The van der Waals surface area contributed by atoms with Crippen LogP contribution in [-0.2, 0) is 32.2 Å². The highest BCUT2D eigenvalue weighted by Crippen LogP contribution is 2.34. The lowest BCUT2D eigenvalue weighted by Gasteiger charge is -2.15. The van der Waals surface area contributed by atoms with Crippen LogP contribution in [-0.4, -0.2) is 4.57 Å². The van der Waals surface area contributed by atoms with Crippen molar-refractivity contribution in [1.82, 2.24) is 4.57 Å². The molecule has 0 N–H and O–H groups in total. The Morgan fingerprint density at radius 3 is 1.73 bits per heavy atom. The summed E-state index contributed by atoms with van der Waals surface area (Å²) >= 11 is 0. The normalized spacial score (nSPS) is 19.8. The van der Waals surface area contributed by atoms with Crippen molar-refractivity contribution in [2.75, 3.05) is 0 Å². The topological polar surface area (TPSA) is 4.93 Å². The van der Waals surface area contributed by atoms with Crippen molar-refractivity contribution in [3.8, 4) is 0 Å².